The smallest absolute Gasteiger partial charge is 0.111 e. The molecule has 0 amide bonds. The molecular weight excluding hydrogens is 247 g/mol. The summed E-state index contributed by atoms with van der Waals surface area (Å²) in [5.41, 5.74) is 0. The molecular formula is C6H13O9P-2. The Labute approximate surface area is 90.8 Å². The van der Waals surface area contributed by atoms with Gasteiger partial charge < -0.3 is 44.4 Å². The molecule has 0 aromatic carbocycles. The van der Waals surface area contributed by atoms with E-state index < -0.39 is 45.5 Å². The first-order valence-corrected chi connectivity index (χ1v) is 5.65. The van der Waals surface area contributed by atoms with E-state index in [9.17, 15) is 14.4 Å². The van der Waals surface area contributed by atoms with Crippen molar-refractivity contribution >= 4 is 7.82 Å². The Hall–Kier alpha value is -0.0900. The number of aliphatic hydroxyl groups excluding tert-OH is 5. The summed E-state index contributed by atoms with van der Waals surface area (Å²) in [5.74, 6) is 0. The quantitative estimate of drug-likeness (QED) is 0.281. The highest BCUT2D eigenvalue weighted by Crippen LogP contribution is 2.25. The van der Waals surface area contributed by atoms with Crippen LogP contribution in [0.5, 0.6) is 0 Å². The maximum Gasteiger partial charge on any atom is 0.111 e. The van der Waals surface area contributed by atoms with Crippen LogP contribution in [0.2, 0.25) is 0 Å². The third-order valence-electron chi connectivity index (χ3n) is 1.73. The fraction of sp³-hybridized carbons (Fsp3) is 1.00. The zero-order valence-corrected chi connectivity index (χ0v) is 8.93. The van der Waals surface area contributed by atoms with Gasteiger partial charge in [0.25, 0.3) is 0 Å². The molecule has 98 valence electrons. The largest absolute Gasteiger partial charge is 0.790 e. The Morgan fingerprint density at radius 2 is 1.50 bits per heavy atom. The Kier molecular flexibility index (Phi) is 6.56. The maximum absolute atomic E-state index is 10.0. The van der Waals surface area contributed by atoms with Crippen molar-refractivity contribution in [3.8, 4) is 0 Å². The van der Waals surface area contributed by atoms with Crippen molar-refractivity contribution in [1.82, 2.24) is 0 Å². The van der Waals surface area contributed by atoms with E-state index in [0.29, 0.717) is 0 Å². The van der Waals surface area contributed by atoms with Crippen molar-refractivity contribution in [2.45, 2.75) is 24.4 Å². The second-order valence-electron chi connectivity index (χ2n) is 3.04. The van der Waals surface area contributed by atoms with Crippen LogP contribution in [-0.4, -0.2) is 63.2 Å². The van der Waals surface area contributed by atoms with Gasteiger partial charge in [-0.05, 0) is 0 Å². The van der Waals surface area contributed by atoms with Crippen molar-refractivity contribution in [3.63, 3.8) is 0 Å². The maximum atomic E-state index is 10.0. The van der Waals surface area contributed by atoms with Gasteiger partial charge in [0.1, 0.15) is 24.4 Å². The Bertz CT molecular complexity index is 240. The van der Waals surface area contributed by atoms with Crippen LogP contribution < -0.4 is 9.79 Å². The molecule has 0 heterocycles. The average molecular weight is 260 g/mol. The summed E-state index contributed by atoms with van der Waals surface area (Å²) in [7, 11) is -5.28. The first-order chi connectivity index (χ1) is 7.19. The number of phosphoric acid groups is 1. The van der Waals surface area contributed by atoms with Gasteiger partial charge in [0.2, 0.25) is 0 Å². The fourth-order valence-electron chi connectivity index (χ4n) is 0.829. The molecule has 0 aromatic heterocycles. The zero-order valence-electron chi connectivity index (χ0n) is 8.04. The minimum absolute atomic E-state index is 0.868. The van der Waals surface area contributed by atoms with Crippen molar-refractivity contribution in [2.75, 3.05) is 13.2 Å². The normalized spacial score (nSPS) is 20.2. The second-order valence-corrected chi connectivity index (χ2v) is 4.19. The molecule has 9 nitrogen and oxygen atoms in total. The van der Waals surface area contributed by atoms with Crippen LogP contribution >= 0.6 is 7.82 Å². The lowest BCUT2D eigenvalue weighted by Crippen LogP contribution is -2.47. The van der Waals surface area contributed by atoms with E-state index in [0.717, 1.165) is 0 Å². The Morgan fingerprint density at radius 1 is 1.06 bits per heavy atom. The van der Waals surface area contributed by atoms with E-state index in [2.05, 4.69) is 4.52 Å². The molecule has 10 heteroatoms. The van der Waals surface area contributed by atoms with Crippen LogP contribution in [0.3, 0.4) is 0 Å². The molecule has 0 saturated heterocycles. The molecule has 0 unspecified atom stereocenters. The van der Waals surface area contributed by atoms with Gasteiger partial charge >= 0.3 is 0 Å². The van der Waals surface area contributed by atoms with Crippen molar-refractivity contribution in [1.29, 1.82) is 0 Å². The molecule has 16 heavy (non-hydrogen) atoms. The van der Waals surface area contributed by atoms with Crippen LogP contribution in [0, 0.1) is 0 Å². The molecule has 5 N–H and O–H groups in total. The standard InChI is InChI=1S/C6H15O9P/c7-1-3(8)5(10)6(11)4(9)2-15-16(12,13)14/h3-11H,1-2H2,(H2,12,13,14)/p-2/t3-,4+,5+,6+/m0/s1. The molecule has 0 rings (SSSR count). The summed E-state index contributed by atoms with van der Waals surface area (Å²) in [6, 6.07) is 0. The molecule has 0 saturated carbocycles. The zero-order chi connectivity index (χ0) is 12.9. The van der Waals surface area contributed by atoms with Gasteiger partial charge in [-0.25, -0.2) is 0 Å². The van der Waals surface area contributed by atoms with Crippen LogP contribution in [0.1, 0.15) is 0 Å². The molecule has 0 spiro atoms. The fourth-order valence-corrected chi connectivity index (χ4v) is 1.16. The highest BCUT2D eigenvalue weighted by molar-refractivity contribution is 7.43. The number of rotatable bonds is 7. The predicted molar refractivity (Wildman–Crippen MR) is 44.7 cm³/mol. The van der Waals surface area contributed by atoms with Gasteiger partial charge in [-0.3, -0.25) is 0 Å². The lowest BCUT2D eigenvalue weighted by molar-refractivity contribution is -0.343. The lowest BCUT2D eigenvalue weighted by Gasteiger charge is -2.31. The number of aliphatic hydroxyl groups is 5. The van der Waals surface area contributed by atoms with Crippen LogP contribution in [0.4, 0.5) is 0 Å². The van der Waals surface area contributed by atoms with Gasteiger partial charge in [-0.2, -0.15) is 0 Å². The molecule has 0 aromatic rings. The van der Waals surface area contributed by atoms with E-state index in [4.69, 9.17) is 25.5 Å². The number of hydrogen-bond donors (Lipinski definition) is 5. The van der Waals surface area contributed by atoms with Gasteiger partial charge in [0.05, 0.1) is 21.0 Å². The molecule has 0 aliphatic rings. The van der Waals surface area contributed by atoms with E-state index in [1.54, 1.807) is 0 Å². The van der Waals surface area contributed by atoms with E-state index in [1.807, 2.05) is 0 Å². The molecule has 0 aliphatic heterocycles. The second kappa shape index (κ2) is 6.60. The van der Waals surface area contributed by atoms with Crippen LogP contribution in [0.25, 0.3) is 0 Å². The first kappa shape index (κ1) is 15.9. The van der Waals surface area contributed by atoms with Gasteiger partial charge in [0, 0.05) is 0 Å². The van der Waals surface area contributed by atoms with E-state index in [1.165, 1.54) is 0 Å². The topological polar surface area (TPSA) is 174 Å². The minimum atomic E-state index is -5.28. The van der Waals surface area contributed by atoms with Crippen LogP contribution in [0.15, 0.2) is 0 Å². The van der Waals surface area contributed by atoms with Crippen molar-refractivity contribution in [3.05, 3.63) is 0 Å². The summed E-state index contributed by atoms with van der Waals surface area (Å²) < 4.78 is 13.7. The van der Waals surface area contributed by atoms with E-state index in [-0.39, 0.29) is 0 Å². The van der Waals surface area contributed by atoms with Gasteiger partial charge in [-0.1, -0.05) is 0 Å². The monoisotopic (exact) mass is 260 g/mol. The minimum Gasteiger partial charge on any atom is -0.790 e. The molecule has 4 atom stereocenters. The average Bonchev–Trinajstić information content (AvgIpc) is 2.21. The van der Waals surface area contributed by atoms with Crippen molar-refractivity contribution < 1.29 is 44.4 Å². The summed E-state index contributed by atoms with van der Waals surface area (Å²) >= 11 is 0. The molecule has 0 radical (unpaired) electrons. The lowest BCUT2D eigenvalue weighted by atomic mass is 10.0. The molecule has 0 bridgehead atoms. The third kappa shape index (κ3) is 5.85. The number of hydrogen-bond acceptors (Lipinski definition) is 9. The van der Waals surface area contributed by atoms with Gasteiger partial charge in [-0.15, -0.1) is 0 Å². The Morgan fingerprint density at radius 3 is 1.88 bits per heavy atom. The highest BCUT2D eigenvalue weighted by atomic mass is 31.2. The summed E-state index contributed by atoms with van der Waals surface area (Å²) in [5, 5.41) is 44.6. The highest BCUT2D eigenvalue weighted by Gasteiger charge is 2.30. The Balaban J connectivity index is 4.17. The SMILES string of the molecule is O=P([O-])([O-])OC[C@@H](O)[C@@H](O)[C@H](O)[C@@H](O)CO. The summed E-state index contributed by atoms with van der Waals surface area (Å²) in [6.45, 7) is -1.92. The predicted octanol–water partition coefficient (Wildman–Crippen LogP) is -4.73. The number of phosphoric ester groups is 1. The van der Waals surface area contributed by atoms with E-state index >= 15 is 0 Å². The third-order valence-corrected chi connectivity index (χ3v) is 2.19. The summed E-state index contributed by atoms with van der Waals surface area (Å²) in [6.07, 6.45) is -7.47. The molecule has 0 fully saturated rings. The van der Waals surface area contributed by atoms with Crippen molar-refractivity contribution in [2.24, 2.45) is 0 Å². The molecule has 0 aliphatic carbocycles. The van der Waals surface area contributed by atoms with Gasteiger partial charge in [0.15, 0.2) is 0 Å². The first-order valence-electron chi connectivity index (χ1n) is 4.18. The summed E-state index contributed by atoms with van der Waals surface area (Å²) in [4.78, 5) is 20.0. The van der Waals surface area contributed by atoms with Crippen LogP contribution in [-0.2, 0) is 9.09 Å².